The number of esters is 1. The number of nitrogens with zero attached hydrogens (tertiary/aromatic N) is 1. The van der Waals surface area contributed by atoms with Crippen molar-refractivity contribution < 1.29 is 13.9 Å². The van der Waals surface area contributed by atoms with E-state index in [9.17, 15) is 9.18 Å². The summed E-state index contributed by atoms with van der Waals surface area (Å²) >= 11 is 0. The van der Waals surface area contributed by atoms with Gasteiger partial charge in [-0.1, -0.05) is 42.0 Å². The number of carbonyl (C=O) groups is 1. The first-order chi connectivity index (χ1) is 13.0. The number of aromatic nitrogens is 1. The Bertz CT molecular complexity index is 925. The monoisotopic (exact) mass is 363 g/mol. The smallest absolute Gasteiger partial charge is 0.307 e. The van der Waals surface area contributed by atoms with Crippen LogP contribution in [0.2, 0.25) is 0 Å². The molecule has 3 nitrogen and oxygen atoms in total. The number of halogens is 1. The van der Waals surface area contributed by atoms with E-state index in [4.69, 9.17) is 4.74 Å². The number of hydrogen-bond donors (Lipinski definition) is 0. The van der Waals surface area contributed by atoms with Crippen molar-refractivity contribution in [1.82, 2.24) is 4.98 Å². The van der Waals surface area contributed by atoms with Gasteiger partial charge in [-0.05, 0) is 55.7 Å². The molecule has 0 aliphatic rings. The van der Waals surface area contributed by atoms with Gasteiger partial charge in [-0.25, -0.2) is 4.39 Å². The Hall–Kier alpha value is -3.01. The Morgan fingerprint density at radius 3 is 2.63 bits per heavy atom. The van der Waals surface area contributed by atoms with E-state index >= 15 is 0 Å². The fourth-order valence-electron chi connectivity index (χ4n) is 3.05. The second-order valence-electron chi connectivity index (χ2n) is 6.61. The Morgan fingerprint density at radius 1 is 1.07 bits per heavy atom. The molecule has 4 heteroatoms. The van der Waals surface area contributed by atoms with Gasteiger partial charge in [-0.15, -0.1) is 0 Å². The van der Waals surface area contributed by atoms with Crippen molar-refractivity contribution in [2.75, 3.05) is 0 Å². The standard InChI is InChI=1S/C23H22FNO2/c1-16-9-10-18(17(2)14-16)11-12-22(26)27-23(21-8-3-4-13-25-21)19-6-5-7-20(24)15-19/h3-10,13-15,23H,11-12H2,1-2H3/t23-/m0/s1. The van der Waals surface area contributed by atoms with Crippen molar-refractivity contribution in [3.63, 3.8) is 0 Å². The van der Waals surface area contributed by atoms with Crippen molar-refractivity contribution in [3.05, 3.63) is 101 Å². The summed E-state index contributed by atoms with van der Waals surface area (Å²) < 4.78 is 19.4. The quantitative estimate of drug-likeness (QED) is 0.572. The van der Waals surface area contributed by atoms with Crippen molar-refractivity contribution in [2.45, 2.75) is 32.8 Å². The third kappa shape index (κ3) is 5.00. The number of ether oxygens (including phenoxy) is 1. The number of hydrogen-bond acceptors (Lipinski definition) is 3. The highest BCUT2D eigenvalue weighted by atomic mass is 19.1. The molecule has 0 aliphatic heterocycles. The third-order valence-corrected chi connectivity index (χ3v) is 4.45. The van der Waals surface area contributed by atoms with Crippen LogP contribution in [-0.4, -0.2) is 11.0 Å². The van der Waals surface area contributed by atoms with E-state index in [0.717, 1.165) is 11.1 Å². The summed E-state index contributed by atoms with van der Waals surface area (Å²) in [5.74, 6) is -0.713. The highest BCUT2D eigenvalue weighted by Crippen LogP contribution is 2.26. The van der Waals surface area contributed by atoms with Gasteiger partial charge in [-0.2, -0.15) is 0 Å². The first-order valence-electron chi connectivity index (χ1n) is 8.95. The van der Waals surface area contributed by atoms with E-state index in [-0.39, 0.29) is 18.2 Å². The van der Waals surface area contributed by atoms with Crippen LogP contribution in [0, 0.1) is 19.7 Å². The molecule has 27 heavy (non-hydrogen) atoms. The average Bonchev–Trinajstić information content (AvgIpc) is 2.66. The molecule has 0 aliphatic carbocycles. The number of carbonyl (C=O) groups excluding carboxylic acids is 1. The Balaban J connectivity index is 1.74. The minimum atomic E-state index is -0.728. The molecule has 0 fully saturated rings. The molecule has 1 atom stereocenters. The zero-order valence-corrected chi connectivity index (χ0v) is 15.5. The van der Waals surface area contributed by atoms with Crippen molar-refractivity contribution in [1.29, 1.82) is 0 Å². The maximum atomic E-state index is 13.7. The summed E-state index contributed by atoms with van der Waals surface area (Å²) in [6.07, 6.45) is 1.75. The third-order valence-electron chi connectivity index (χ3n) is 4.45. The SMILES string of the molecule is Cc1ccc(CCC(=O)O[C@@H](c2cccc(F)c2)c2ccccn2)c(C)c1. The summed E-state index contributed by atoms with van der Waals surface area (Å²) in [7, 11) is 0. The number of pyridine rings is 1. The van der Waals surface area contributed by atoms with Crippen molar-refractivity contribution in [2.24, 2.45) is 0 Å². The first-order valence-corrected chi connectivity index (χ1v) is 8.95. The summed E-state index contributed by atoms with van der Waals surface area (Å²) in [5.41, 5.74) is 4.61. The lowest BCUT2D eigenvalue weighted by atomic mass is 10.0. The Labute approximate surface area is 158 Å². The summed E-state index contributed by atoms with van der Waals surface area (Å²) in [6.45, 7) is 4.08. The molecule has 138 valence electrons. The molecule has 0 N–H and O–H groups in total. The molecule has 0 bridgehead atoms. The molecular weight excluding hydrogens is 341 g/mol. The van der Waals surface area contributed by atoms with Gasteiger partial charge in [0.25, 0.3) is 0 Å². The molecule has 3 aromatic rings. The van der Waals surface area contributed by atoms with E-state index in [0.29, 0.717) is 17.7 Å². The van der Waals surface area contributed by atoms with Crippen LogP contribution in [0.4, 0.5) is 4.39 Å². The van der Waals surface area contributed by atoms with Crippen LogP contribution in [0.3, 0.4) is 0 Å². The number of rotatable bonds is 6. The van der Waals surface area contributed by atoms with Crippen LogP contribution >= 0.6 is 0 Å². The predicted molar refractivity (Wildman–Crippen MR) is 103 cm³/mol. The van der Waals surface area contributed by atoms with Gasteiger partial charge in [0, 0.05) is 18.2 Å². The molecule has 0 amide bonds. The second-order valence-corrected chi connectivity index (χ2v) is 6.61. The maximum absolute atomic E-state index is 13.7. The highest BCUT2D eigenvalue weighted by molar-refractivity contribution is 5.70. The van der Waals surface area contributed by atoms with Crippen LogP contribution in [0.5, 0.6) is 0 Å². The molecule has 1 heterocycles. The molecule has 0 spiro atoms. The summed E-state index contributed by atoms with van der Waals surface area (Å²) in [6, 6.07) is 17.6. The van der Waals surface area contributed by atoms with Crippen LogP contribution in [0.15, 0.2) is 66.9 Å². The maximum Gasteiger partial charge on any atom is 0.307 e. The van der Waals surface area contributed by atoms with E-state index < -0.39 is 6.10 Å². The normalized spacial score (nSPS) is 11.8. The van der Waals surface area contributed by atoms with E-state index in [2.05, 4.69) is 11.1 Å². The van der Waals surface area contributed by atoms with Gasteiger partial charge in [0.15, 0.2) is 6.10 Å². The van der Waals surface area contributed by atoms with E-state index in [1.807, 2.05) is 32.0 Å². The lowest BCUT2D eigenvalue weighted by Crippen LogP contribution is -2.14. The zero-order chi connectivity index (χ0) is 19.2. The van der Waals surface area contributed by atoms with Crippen LogP contribution in [-0.2, 0) is 16.0 Å². The summed E-state index contributed by atoms with van der Waals surface area (Å²) in [4.78, 5) is 16.8. The van der Waals surface area contributed by atoms with Gasteiger partial charge in [0.05, 0.1) is 5.69 Å². The fraction of sp³-hybridized carbons (Fsp3) is 0.217. The largest absolute Gasteiger partial charge is 0.451 e. The van der Waals surface area contributed by atoms with Crippen LogP contribution in [0.1, 0.15) is 40.5 Å². The Morgan fingerprint density at radius 2 is 1.93 bits per heavy atom. The highest BCUT2D eigenvalue weighted by Gasteiger charge is 2.21. The van der Waals surface area contributed by atoms with Gasteiger partial charge in [0.2, 0.25) is 0 Å². The van der Waals surface area contributed by atoms with Crippen molar-refractivity contribution in [3.8, 4) is 0 Å². The summed E-state index contributed by atoms with van der Waals surface area (Å²) in [5, 5.41) is 0. The topological polar surface area (TPSA) is 39.2 Å². The van der Waals surface area contributed by atoms with E-state index in [1.54, 1.807) is 30.5 Å². The molecule has 0 saturated carbocycles. The molecule has 0 saturated heterocycles. The van der Waals surface area contributed by atoms with Gasteiger partial charge < -0.3 is 4.74 Å². The minimum absolute atomic E-state index is 0.253. The minimum Gasteiger partial charge on any atom is -0.451 e. The van der Waals surface area contributed by atoms with Crippen LogP contribution in [0.25, 0.3) is 0 Å². The fourth-order valence-corrected chi connectivity index (χ4v) is 3.05. The molecule has 3 rings (SSSR count). The zero-order valence-electron chi connectivity index (χ0n) is 15.5. The molecule has 0 radical (unpaired) electrons. The molecule has 2 aromatic carbocycles. The van der Waals surface area contributed by atoms with Gasteiger partial charge in [-0.3, -0.25) is 9.78 Å². The van der Waals surface area contributed by atoms with Crippen LogP contribution < -0.4 is 0 Å². The second kappa shape index (κ2) is 8.58. The predicted octanol–water partition coefficient (Wildman–Crippen LogP) is 5.10. The first kappa shape index (κ1) is 18.8. The van der Waals surface area contributed by atoms with Gasteiger partial charge >= 0.3 is 5.97 Å². The molecular formula is C23H22FNO2. The van der Waals surface area contributed by atoms with Gasteiger partial charge in [0.1, 0.15) is 5.82 Å². The number of aryl methyl sites for hydroxylation is 3. The Kier molecular flexibility index (Phi) is 5.97. The lowest BCUT2D eigenvalue weighted by molar-refractivity contribution is -0.147. The molecule has 1 aromatic heterocycles. The van der Waals surface area contributed by atoms with E-state index in [1.165, 1.54) is 17.7 Å². The molecule has 0 unspecified atom stereocenters. The average molecular weight is 363 g/mol. The lowest BCUT2D eigenvalue weighted by Gasteiger charge is -2.18. The van der Waals surface area contributed by atoms with Crippen molar-refractivity contribution >= 4 is 5.97 Å². The number of benzene rings is 2.